The van der Waals surface area contributed by atoms with Crippen LogP contribution in [0, 0.1) is 0 Å². The average Bonchev–Trinajstić information content (AvgIpc) is 2.96. The summed E-state index contributed by atoms with van der Waals surface area (Å²) >= 11 is 6.28. The number of amides is 2. The lowest BCUT2D eigenvalue weighted by molar-refractivity contribution is -0.140. The topological polar surface area (TPSA) is 86.8 Å². The molecule has 7 nitrogen and oxygen atoms in total. The molecule has 3 aromatic rings. The first-order valence-electron chi connectivity index (χ1n) is 13.5. The summed E-state index contributed by atoms with van der Waals surface area (Å²) in [5, 5.41) is 2.52. The number of hydrogen-bond donors (Lipinski definition) is 1. The van der Waals surface area contributed by atoms with Gasteiger partial charge >= 0.3 is 6.18 Å². The third-order valence-electron chi connectivity index (χ3n) is 6.56. The van der Waals surface area contributed by atoms with Crippen LogP contribution in [-0.4, -0.2) is 44.3 Å². The van der Waals surface area contributed by atoms with Gasteiger partial charge in [-0.25, -0.2) is 8.42 Å². The van der Waals surface area contributed by atoms with Gasteiger partial charge in [-0.3, -0.25) is 13.9 Å². The summed E-state index contributed by atoms with van der Waals surface area (Å²) in [4.78, 5) is 28.2. The predicted molar refractivity (Wildman–Crippen MR) is 156 cm³/mol. The van der Waals surface area contributed by atoms with E-state index >= 15 is 0 Å². The Bertz CT molecular complexity index is 1460. The number of unbranched alkanes of at least 4 members (excludes halogenated alkanes) is 1. The van der Waals surface area contributed by atoms with Crippen molar-refractivity contribution >= 4 is 39.1 Å². The van der Waals surface area contributed by atoms with Crippen molar-refractivity contribution in [1.82, 2.24) is 10.2 Å². The highest BCUT2D eigenvalue weighted by atomic mass is 35.5. The van der Waals surface area contributed by atoms with Crippen molar-refractivity contribution in [3.8, 4) is 0 Å². The summed E-state index contributed by atoms with van der Waals surface area (Å²) in [5.74, 6) is -1.20. The molecule has 1 N–H and O–H groups in total. The number of nitrogens with zero attached hydrogens (tertiary/aromatic N) is 2. The molecule has 0 aromatic heterocycles. The Hall–Kier alpha value is -3.57. The molecular formula is C30H33ClF3N3O4S. The lowest BCUT2D eigenvalue weighted by Gasteiger charge is -2.33. The number of sulfonamides is 1. The molecule has 0 aliphatic carbocycles. The van der Waals surface area contributed by atoms with Gasteiger partial charge in [0.15, 0.2) is 0 Å². The van der Waals surface area contributed by atoms with Crippen LogP contribution in [0.25, 0.3) is 0 Å². The molecule has 12 heteroatoms. The first kappa shape index (κ1) is 32.9. The van der Waals surface area contributed by atoms with E-state index in [9.17, 15) is 31.2 Å². The molecular weight excluding hydrogens is 591 g/mol. The Kier molecular flexibility index (Phi) is 11.4. The van der Waals surface area contributed by atoms with Crippen LogP contribution in [0.1, 0.15) is 44.2 Å². The van der Waals surface area contributed by atoms with E-state index in [0.29, 0.717) is 22.5 Å². The van der Waals surface area contributed by atoms with E-state index in [4.69, 9.17) is 11.6 Å². The Morgan fingerprint density at radius 3 is 2.14 bits per heavy atom. The fourth-order valence-electron chi connectivity index (χ4n) is 4.32. The zero-order chi connectivity index (χ0) is 30.9. The summed E-state index contributed by atoms with van der Waals surface area (Å²) in [6.07, 6.45) is -3.01. The predicted octanol–water partition coefficient (Wildman–Crippen LogP) is 6.28. The molecule has 1 atom stereocenters. The van der Waals surface area contributed by atoms with Crippen molar-refractivity contribution in [2.24, 2.45) is 0 Å². The number of carbonyl (C=O) groups excluding carboxylic acids is 2. The minimum absolute atomic E-state index is 0.0328. The van der Waals surface area contributed by atoms with Gasteiger partial charge in [-0.05, 0) is 48.7 Å². The highest BCUT2D eigenvalue weighted by Crippen LogP contribution is 2.37. The third-order valence-corrected chi connectivity index (χ3v) is 8.66. The smallest absolute Gasteiger partial charge is 0.354 e. The van der Waals surface area contributed by atoms with Crippen LogP contribution in [0.3, 0.4) is 0 Å². The van der Waals surface area contributed by atoms with Crippen molar-refractivity contribution in [2.45, 2.75) is 56.8 Å². The summed E-state index contributed by atoms with van der Waals surface area (Å²) < 4.78 is 69.2. The quantitative estimate of drug-likeness (QED) is 0.227. The number of alkyl halides is 3. The van der Waals surface area contributed by atoms with Gasteiger partial charge in [0.25, 0.3) is 10.0 Å². The van der Waals surface area contributed by atoms with Gasteiger partial charge in [0, 0.05) is 13.1 Å². The zero-order valence-electron chi connectivity index (χ0n) is 23.3. The van der Waals surface area contributed by atoms with E-state index in [1.165, 1.54) is 29.2 Å². The number of rotatable bonds is 13. The number of anilines is 1. The molecule has 0 aliphatic heterocycles. The molecule has 226 valence electrons. The van der Waals surface area contributed by atoms with Crippen LogP contribution in [-0.2, 0) is 32.3 Å². The Labute approximate surface area is 249 Å². The summed E-state index contributed by atoms with van der Waals surface area (Å²) in [7, 11) is -4.58. The lowest BCUT2D eigenvalue weighted by atomic mass is 10.1. The minimum Gasteiger partial charge on any atom is -0.354 e. The largest absolute Gasteiger partial charge is 0.416 e. The zero-order valence-corrected chi connectivity index (χ0v) is 24.8. The second-order valence-corrected chi connectivity index (χ2v) is 11.8. The summed E-state index contributed by atoms with van der Waals surface area (Å²) in [6, 6.07) is 17.2. The molecule has 3 rings (SSSR count). The van der Waals surface area contributed by atoms with Crippen molar-refractivity contribution in [2.75, 3.05) is 17.4 Å². The number of benzene rings is 3. The molecule has 0 spiro atoms. The van der Waals surface area contributed by atoms with Crippen molar-refractivity contribution in [3.05, 3.63) is 95.0 Å². The Morgan fingerprint density at radius 1 is 0.952 bits per heavy atom. The molecule has 0 saturated carbocycles. The van der Waals surface area contributed by atoms with E-state index in [1.54, 1.807) is 43.3 Å². The third kappa shape index (κ3) is 8.25. The van der Waals surface area contributed by atoms with Gasteiger partial charge in [0.1, 0.15) is 12.6 Å². The Morgan fingerprint density at radius 2 is 1.57 bits per heavy atom. The molecule has 0 heterocycles. The van der Waals surface area contributed by atoms with Gasteiger partial charge < -0.3 is 10.2 Å². The fraction of sp³-hybridized carbons (Fsp3) is 0.333. The lowest BCUT2D eigenvalue weighted by Crippen LogP contribution is -2.52. The van der Waals surface area contributed by atoms with E-state index in [2.05, 4.69) is 5.32 Å². The molecule has 2 amide bonds. The van der Waals surface area contributed by atoms with Crippen molar-refractivity contribution < 1.29 is 31.2 Å². The first-order valence-corrected chi connectivity index (χ1v) is 15.3. The summed E-state index contributed by atoms with van der Waals surface area (Å²) in [6.45, 7) is 3.15. The number of hydrogen-bond acceptors (Lipinski definition) is 4. The average molecular weight is 624 g/mol. The molecule has 0 unspecified atom stereocenters. The van der Waals surface area contributed by atoms with Crippen LogP contribution in [0.15, 0.2) is 83.8 Å². The first-order chi connectivity index (χ1) is 19.9. The van der Waals surface area contributed by atoms with Crippen LogP contribution in [0.2, 0.25) is 5.02 Å². The molecule has 42 heavy (non-hydrogen) atoms. The molecule has 0 bridgehead atoms. The van der Waals surface area contributed by atoms with E-state index in [0.717, 1.165) is 25.0 Å². The SMILES string of the molecule is CCCCNC(=O)[C@H](CC)N(Cc1ccccc1)C(=O)CN(c1cc(C(F)(F)F)ccc1Cl)S(=O)(=O)c1ccccc1. The van der Waals surface area contributed by atoms with E-state index in [-0.39, 0.29) is 22.9 Å². The fourth-order valence-corrected chi connectivity index (χ4v) is 6.03. The van der Waals surface area contributed by atoms with Crippen molar-refractivity contribution in [3.63, 3.8) is 0 Å². The van der Waals surface area contributed by atoms with Crippen LogP contribution >= 0.6 is 11.6 Å². The maximum atomic E-state index is 14.0. The summed E-state index contributed by atoms with van der Waals surface area (Å²) in [5.41, 5.74) is -0.963. The number of halogens is 4. The highest BCUT2D eigenvalue weighted by Gasteiger charge is 2.36. The normalized spacial score (nSPS) is 12.4. The Balaban J connectivity index is 2.11. The van der Waals surface area contributed by atoms with Gasteiger partial charge in [0.05, 0.1) is 21.2 Å². The number of nitrogens with one attached hydrogen (secondary N) is 1. The molecule has 0 radical (unpaired) electrons. The van der Waals surface area contributed by atoms with Gasteiger partial charge in [0.2, 0.25) is 11.8 Å². The molecule has 3 aromatic carbocycles. The van der Waals surface area contributed by atoms with E-state index in [1.807, 2.05) is 6.92 Å². The molecule has 0 saturated heterocycles. The van der Waals surface area contributed by atoms with Gasteiger partial charge in [-0.15, -0.1) is 0 Å². The van der Waals surface area contributed by atoms with Crippen molar-refractivity contribution in [1.29, 1.82) is 0 Å². The van der Waals surface area contributed by atoms with Crippen LogP contribution < -0.4 is 9.62 Å². The van der Waals surface area contributed by atoms with E-state index < -0.39 is 51.9 Å². The van der Waals surface area contributed by atoms with Gasteiger partial charge in [-0.2, -0.15) is 13.2 Å². The maximum Gasteiger partial charge on any atom is 0.416 e. The number of carbonyl (C=O) groups is 2. The minimum atomic E-state index is -4.80. The second-order valence-electron chi connectivity index (χ2n) is 9.56. The standard InChI is InChI=1S/C30H33ClF3N3O4S/c1-3-5-18-35-29(39)26(4-2)36(20-22-12-8-6-9-13-22)28(38)21-37(42(40,41)24-14-10-7-11-15-24)27-19-23(30(32,33)34)16-17-25(27)31/h6-17,19,26H,3-5,18,20-21H2,1-2H3,(H,35,39)/t26-/m0/s1. The monoisotopic (exact) mass is 623 g/mol. The van der Waals surface area contributed by atoms with Crippen LogP contribution in [0.4, 0.5) is 18.9 Å². The molecule has 0 aliphatic rings. The second kappa shape index (κ2) is 14.6. The van der Waals surface area contributed by atoms with Crippen LogP contribution in [0.5, 0.6) is 0 Å². The van der Waals surface area contributed by atoms with Gasteiger partial charge in [-0.1, -0.05) is 80.4 Å². The highest BCUT2D eigenvalue weighted by molar-refractivity contribution is 7.92. The molecule has 0 fully saturated rings. The maximum absolute atomic E-state index is 14.0.